The number of hydrogen-bond acceptors (Lipinski definition) is 7. The molecule has 194 valence electrons. The van der Waals surface area contributed by atoms with E-state index in [2.05, 4.69) is 9.47 Å². The van der Waals surface area contributed by atoms with E-state index in [9.17, 15) is 18.7 Å². The number of hydrogen-bond donors (Lipinski definition) is 2. The number of benzene rings is 2. The molecule has 1 aliphatic carbocycles. The van der Waals surface area contributed by atoms with Gasteiger partial charge in [0.15, 0.2) is 11.5 Å². The Kier molecular flexibility index (Phi) is 6.13. The van der Waals surface area contributed by atoms with Gasteiger partial charge in [0.2, 0.25) is 0 Å². The zero-order valence-corrected chi connectivity index (χ0v) is 19.5. The Morgan fingerprint density at radius 2 is 1.83 bits per heavy atom. The average molecular weight is 504 g/mol. The Balaban J connectivity index is 0.00000178. The van der Waals surface area contributed by atoms with Gasteiger partial charge >= 0.3 is 6.29 Å². The third kappa shape index (κ3) is 4.76. The molecule has 9 heteroatoms. The van der Waals surface area contributed by atoms with Crippen molar-refractivity contribution in [2.75, 3.05) is 13.2 Å². The summed E-state index contributed by atoms with van der Waals surface area (Å²) in [7, 11) is 0. The molecule has 2 aromatic carbocycles. The summed E-state index contributed by atoms with van der Waals surface area (Å²) < 4.78 is 41.3. The number of aromatic nitrogens is 1. The molecule has 0 bridgehead atoms. The van der Waals surface area contributed by atoms with Gasteiger partial charge in [0.05, 0.1) is 17.7 Å². The third-order valence-corrected chi connectivity index (χ3v) is 6.51. The molecule has 2 aliphatic rings. The minimum absolute atomic E-state index is 0. The van der Waals surface area contributed by atoms with Crippen LogP contribution in [-0.4, -0.2) is 46.6 Å². The van der Waals surface area contributed by atoms with Crippen molar-refractivity contribution in [2.24, 2.45) is 0 Å². The SMILES string of the molecule is Cc1ccc(CC(=O)C2(c3ccc4c(c3)OC(F)(F)O4)CC2)nc1-c1ccc(OC[C@@H](O)CO)cc1.[HH].[HH].[HH]. The van der Waals surface area contributed by atoms with Crippen LogP contribution < -0.4 is 14.2 Å². The number of alkyl halides is 2. The van der Waals surface area contributed by atoms with Gasteiger partial charge in [-0.2, -0.15) is 0 Å². The standard InChI is InChI=1S/C27H25F2NO6.3H2/c1-16-2-6-19(30-25(16)17-3-7-21(8-4-17)34-15-20(32)14-31)13-24(33)26(10-11-26)18-5-9-22-23(12-18)36-27(28,29)35-22;;;/h2-9,12,20,31-32H,10-11,13-15H2,1H3;3*1H/t20-;;;/m0.../s1. The number of fused-ring (bicyclic) bond motifs is 1. The Labute approximate surface area is 210 Å². The number of nitrogens with zero attached hydrogens (tertiary/aromatic N) is 1. The van der Waals surface area contributed by atoms with E-state index in [4.69, 9.17) is 14.8 Å². The lowest BCUT2D eigenvalue weighted by molar-refractivity contribution is -0.286. The number of carbonyl (C=O) groups excluding carboxylic acids is 1. The zero-order chi connectivity index (χ0) is 25.5. The number of ether oxygens (including phenoxy) is 3. The normalized spacial score (nSPS) is 17.5. The fourth-order valence-corrected chi connectivity index (χ4v) is 4.35. The molecule has 1 fully saturated rings. The highest BCUT2D eigenvalue weighted by atomic mass is 19.3. The summed E-state index contributed by atoms with van der Waals surface area (Å²) in [6.07, 6.45) is -3.27. The number of aliphatic hydroxyl groups excluding tert-OH is 2. The van der Waals surface area contributed by atoms with E-state index in [0.29, 0.717) is 29.8 Å². The van der Waals surface area contributed by atoms with Crippen LogP contribution in [0.1, 0.15) is 33.9 Å². The molecular formula is C27H31F2NO6. The number of ketones is 1. The van der Waals surface area contributed by atoms with Gasteiger partial charge in [-0.1, -0.05) is 12.1 Å². The van der Waals surface area contributed by atoms with E-state index in [1.54, 1.807) is 18.2 Å². The lowest BCUT2D eigenvalue weighted by Gasteiger charge is -2.16. The Bertz CT molecular complexity index is 1310. The first-order chi connectivity index (χ1) is 17.2. The van der Waals surface area contributed by atoms with Gasteiger partial charge < -0.3 is 24.4 Å². The number of rotatable bonds is 9. The topological polar surface area (TPSA) is 98.1 Å². The van der Waals surface area contributed by atoms with E-state index in [1.165, 1.54) is 12.1 Å². The average Bonchev–Trinajstić information content (AvgIpc) is 3.61. The first kappa shape index (κ1) is 24.1. The summed E-state index contributed by atoms with van der Waals surface area (Å²) >= 11 is 0. The van der Waals surface area contributed by atoms with Crippen LogP contribution in [0.3, 0.4) is 0 Å². The summed E-state index contributed by atoms with van der Waals surface area (Å²) in [5.41, 5.74) is 3.04. The maximum atomic E-state index is 13.4. The maximum Gasteiger partial charge on any atom is 0.586 e. The summed E-state index contributed by atoms with van der Waals surface area (Å²) in [5.74, 6) is 0.414. The fourth-order valence-electron chi connectivity index (χ4n) is 4.35. The van der Waals surface area contributed by atoms with Gasteiger partial charge in [0.1, 0.15) is 24.2 Å². The fraction of sp³-hybridized carbons (Fsp3) is 0.333. The van der Waals surface area contributed by atoms with Gasteiger partial charge in [-0.3, -0.25) is 9.78 Å². The molecule has 7 nitrogen and oxygen atoms in total. The first-order valence-electron chi connectivity index (χ1n) is 11.6. The molecular weight excluding hydrogens is 472 g/mol. The lowest BCUT2D eigenvalue weighted by Crippen LogP contribution is -2.26. The summed E-state index contributed by atoms with van der Waals surface area (Å²) in [6, 6.07) is 15.4. The quantitative estimate of drug-likeness (QED) is 0.437. The molecule has 2 heterocycles. The smallest absolute Gasteiger partial charge is 0.491 e. The number of aliphatic hydroxyl groups is 2. The second-order valence-corrected chi connectivity index (χ2v) is 9.15. The number of carbonyl (C=O) groups is 1. The number of Topliss-reactive ketones (excluding diaryl/α,β-unsaturated/α-hetero) is 1. The van der Waals surface area contributed by atoms with Crippen molar-refractivity contribution in [1.82, 2.24) is 4.98 Å². The molecule has 0 spiro atoms. The first-order valence-corrected chi connectivity index (χ1v) is 11.6. The van der Waals surface area contributed by atoms with Crippen LogP contribution in [0.2, 0.25) is 0 Å². The van der Waals surface area contributed by atoms with Crippen LogP contribution in [0.4, 0.5) is 8.78 Å². The number of halogens is 2. The van der Waals surface area contributed by atoms with Crippen molar-refractivity contribution in [3.05, 3.63) is 71.4 Å². The highest BCUT2D eigenvalue weighted by Crippen LogP contribution is 2.52. The van der Waals surface area contributed by atoms with Crippen LogP contribution in [0, 0.1) is 6.92 Å². The van der Waals surface area contributed by atoms with Crippen molar-refractivity contribution < 1.29 is 42.3 Å². The van der Waals surface area contributed by atoms with Crippen molar-refractivity contribution in [2.45, 2.75) is 44.0 Å². The van der Waals surface area contributed by atoms with Crippen LogP contribution >= 0.6 is 0 Å². The van der Waals surface area contributed by atoms with Crippen molar-refractivity contribution in [1.29, 1.82) is 0 Å². The molecule has 1 saturated carbocycles. The molecule has 1 aliphatic heterocycles. The van der Waals surface area contributed by atoms with Gasteiger partial charge in [-0.25, -0.2) is 0 Å². The lowest BCUT2D eigenvalue weighted by atomic mass is 9.88. The van der Waals surface area contributed by atoms with E-state index in [-0.39, 0.29) is 41.2 Å². The van der Waals surface area contributed by atoms with Gasteiger partial charge in [0, 0.05) is 22.0 Å². The van der Waals surface area contributed by atoms with Gasteiger partial charge in [-0.15, -0.1) is 8.78 Å². The molecule has 5 rings (SSSR count). The van der Waals surface area contributed by atoms with Crippen LogP contribution in [-0.2, 0) is 16.6 Å². The van der Waals surface area contributed by atoms with Gasteiger partial charge in [0.25, 0.3) is 0 Å². The Morgan fingerprint density at radius 1 is 1.11 bits per heavy atom. The minimum atomic E-state index is -3.70. The van der Waals surface area contributed by atoms with Crippen LogP contribution in [0.15, 0.2) is 54.6 Å². The third-order valence-electron chi connectivity index (χ3n) is 6.51. The molecule has 36 heavy (non-hydrogen) atoms. The molecule has 0 amide bonds. The van der Waals surface area contributed by atoms with E-state index >= 15 is 0 Å². The van der Waals surface area contributed by atoms with E-state index < -0.39 is 17.8 Å². The molecule has 0 unspecified atom stereocenters. The largest absolute Gasteiger partial charge is 0.586 e. The number of aryl methyl sites for hydroxylation is 1. The van der Waals surface area contributed by atoms with Crippen molar-refractivity contribution >= 4 is 5.78 Å². The number of pyridine rings is 1. The van der Waals surface area contributed by atoms with E-state index in [0.717, 1.165) is 16.8 Å². The van der Waals surface area contributed by atoms with Crippen molar-refractivity contribution in [3.8, 4) is 28.5 Å². The molecule has 3 aromatic rings. The summed E-state index contributed by atoms with van der Waals surface area (Å²) in [4.78, 5) is 18.1. The van der Waals surface area contributed by atoms with E-state index in [1.807, 2.05) is 31.2 Å². The second-order valence-electron chi connectivity index (χ2n) is 9.15. The second kappa shape index (κ2) is 9.15. The summed E-state index contributed by atoms with van der Waals surface area (Å²) in [5, 5.41) is 18.3. The maximum absolute atomic E-state index is 13.4. The molecule has 1 aromatic heterocycles. The molecule has 2 N–H and O–H groups in total. The van der Waals surface area contributed by atoms with Crippen molar-refractivity contribution in [3.63, 3.8) is 0 Å². The highest BCUT2D eigenvalue weighted by molar-refractivity contribution is 5.94. The molecule has 1 atom stereocenters. The Hall–Kier alpha value is -3.56. The molecule has 0 saturated heterocycles. The monoisotopic (exact) mass is 503 g/mol. The van der Waals surface area contributed by atoms with Gasteiger partial charge in [-0.05, 0) is 73.4 Å². The van der Waals surface area contributed by atoms with Crippen LogP contribution in [0.25, 0.3) is 11.3 Å². The summed E-state index contributed by atoms with van der Waals surface area (Å²) in [6.45, 7) is 1.54. The predicted molar refractivity (Wildman–Crippen MR) is 132 cm³/mol. The van der Waals surface area contributed by atoms with Crippen LogP contribution in [0.5, 0.6) is 17.2 Å². The Morgan fingerprint density at radius 3 is 2.53 bits per heavy atom. The molecule has 0 radical (unpaired) electrons. The minimum Gasteiger partial charge on any atom is -0.491 e. The predicted octanol–water partition coefficient (Wildman–Crippen LogP) is 4.69. The zero-order valence-electron chi connectivity index (χ0n) is 19.5. The highest BCUT2D eigenvalue weighted by Gasteiger charge is 2.52.